The fourth-order valence-electron chi connectivity index (χ4n) is 7.73. The lowest BCUT2D eigenvalue weighted by molar-refractivity contribution is -0.184. The molecule has 3 amide bonds. The summed E-state index contributed by atoms with van der Waals surface area (Å²) in [4.78, 5) is 83.0. The number of likely N-dealkylation sites (tertiary alicyclic amines) is 1. The number of aromatic amines is 1. The zero-order valence-electron chi connectivity index (χ0n) is 33.2. The van der Waals surface area contributed by atoms with Gasteiger partial charge in [-0.3, -0.25) is 28.9 Å². The summed E-state index contributed by atoms with van der Waals surface area (Å²) in [6.07, 6.45) is 3.62. The monoisotopic (exact) mass is 823 g/mol. The molecular formula is C42H45N7O9S. The van der Waals surface area contributed by atoms with Crippen LogP contribution in [-0.4, -0.2) is 100 Å². The maximum absolute atomic E-state index is 15.0. The number of carbonyl (C=O) groups is 5. The molecule has 5 unspecified atom stereocenters. The van der Waals surface area contributed by atoms with Crippen molar-refractivity contribution in [2.45, 2.75) is 77.0 Å². The van der Waals surface area contributed by atoms with E-state index in [1.807, 2.05) is 37.3 Å². The number of H-pyrrole nitrogens is 1. The third-order valence-corrected chi connectivity index (χ3v) is 11.1. The number of nitriles is 1. The number of ether oxygens (including phenoxy) is 2. The fourth-order valence-corrected chi connectivity index (χ4v) is 8.29. The molecule has 2 aliphatic heterocycles. The number of amides is 3. The second-order valence-corrected chi connectivity index (χ2v) is 16.5. The van der Waals surface area contributed by atoms with E-state index < -0.39 is 75.9 Å². The molecule has 17 heteroatoms. The number of aromatic nitrogens is 2. The van der Waals surface area contributed by atoms with Gasteiger partial charge in [0.2, 0.25) is 22.1 Å². The van der Waals surface area contributed by atoms with Crippen LogP contribution < -0.4 is 4.72 Å². The molecule has 2 saturated heterocycles. The summed E-state index contributed by atoms with van der Waals surface area (Å²) in [6, 6.07) is 16.3. The van der Waals surface area contributed by atoms with E-state index in [0.29, 0.717) is 6.42 Å². The van der Waals surface area contributed by atoms with Gasteiger partial charge < -0.3 is 19.4 Å². The van der Waals surface area contributed by atoms with Gasteiger partial charge in [-0.15, -0.1) is 0 Å². The third-order valence-electron chi connectivity index (χ3n) is 10.5. The smallest absolute Gasteiger partial charge is 0.349 e. The van der Waals surface area contributed by atoms with Gasteiger partial charge >= 0.3 is 11.9 Å². The van der Waals surface area contributed by atoms with Crippen molar-refractivity contribution < 1.29 is 41.9 Å². The van der Waals surface area contributed by atoms with Gasteiger partial charge in [-0.25, -0.2) is 23.0 Å². The van der Waals surface area contributed by atoms with Gasteiger partial charge in [-0.05, 0) is 72.2 Å². The van der Waals surface area contributed by atoms with Gasteiger partial charge in [-0.2, -0.15) is 5.26 Å². The van der Waals surface area contributed by atoms with E-state index in [1.54, 1.807) is 20.0 Å². The second-order valence-electron chi connectivity index (χ2n) is 14.8. The summed E-state index contributed by atoms with van der Waals surface area (Å²) in [5, 5.41) is 9.50. The van der Waals surface area contributed by atoms with Crippen molar-refractivity contribution in [3.05, 3.63) is 119 Å². The Morgan fingerprint density at radius 1 is 1.00 bits per heavy atom. The number of benzene rings is 3. The third kappa shape index (κ3) is 8.82. The van der Waals surface area contributed by atoms with Crippen LogP contribution >= 0.6 is 0 Å². The van der Waals surface area contributed by atoms with E-state index in [-0.39, 0.29) is 35.4 Å². The minimum absolute atomic E-state index is 0.0283. The number of imidazole rings is 1. The first-order valence-corrected chi connectivity index (χ1v) is 20.9. The number of nitrogens with zero attached hydrogens (tertiary/aromatic N) is 5. The molecule has 2 fully saturated rings. The van der Waals surface area contributed by atoms with Gasteiger partial charge in [0.05, 0.1) is 37.4 Å². The second kappa shape index (κ2) is 17.5. The first kappa shape index (κ1) is 42.1. The predicted octanol–water partition coefficient (Wildman–Crippen LogP) is 3.72. The van der Waals surface area contributed by atoms with Crippen LogP contribution in [0.15, 0.2) is 85.3 Å². The molecule has 4 aromatic rings. The van der Waals surface area contributed by atoms with Gasteiger partial charge in [0.25, 0.3) is 11.8 Å². The first-order valence-electron chi connectivity index (χ1n) is 19.0. The van der Waals surface area contributed by atoms with Crippen LogP contribution in [0.4, 0.5) is 5.69 Å². The van der Waals surface area contributed by atoms with E-state index in [9.17, 15) is 37.7 Å². The molecule has 0 spiro atoms. The Balaban J connectivity index is 1.42. The normalized spacial score (nSPS) is 19.6. The average molecular weight is 824 g/mol. The number of hydrogen-bond donors (Lipinski definition) is 2. The summed E-state index contributed by atoms with van der Waals surface area (Å²) >= 11 is 0. The highest BCUT2D eigenvalue weighted by atomic mass is 32.2. The molecular weight excluding hydrogens is 779 g/mol. The fraction of sp³-hybridized carbons (Fsp3) is 0.357. The number of sulfonamides is 1. The van der Waals surface area contributed by atoms with Crippen molar-refractivity contribution in [3.63, 3.8) is 0 Å². The molecule has 6 rings (SSSR count). The number of nitrogens with one attached hydrogen (secondary N) is 2. The van der Waals surface area contributed by atoms with Crippen LogP contribution in [0.2, 0.25) is 0 Å². The highest BCUT2D eigenvalue weighted by Crippen LogP contribution is 2.43. The lowest BCUT2D eigenvalue weighted by atomic mass is 9.84. The number of hydrogen-bond acceptors (Lipinski definition) is 11. The molecule has 0 radical (unpaired) electrons. The molecule has 16 nitrogen and oxygen atoms in total. The van der Waals surface area contributed by atoms with Gasteiger partial charge in [0, 0.05) is 23.1 Å². The zero-order chi connectivity index (χ0) is 42.6. The van der Waals surface area contributed by atoms with Crippen LogP contribution in [0.3, 0.4) is 0 Å². The lowest BCUT2D eigenvalue weighted by Gasteiger charge is -2.54. The average Bonchev–Trinajstić information content (AvgIpc) is 3.85. The number of methoxy groups -OCH3 is 1. The van der Waals surface area contributed by atoms with Crippen LogP contribution in [0.5, 0.6) is 0 Å². The summed E-state index contributed by atoms with van der Waals surface area (Å²) in [5.41, 5.74) is 3.05. The highest BCUT2D eigenvalue weighted by Gasteiger charge is 2.64. The van der Waals surface area contributed by atoms with Crippen LogP contribution in [0, 0.1) is 17.2 Å². The Hall–Kier alpha value is -6.54. The molecule has 0 bridgehead atoms. The maximum Gasteiger partial charge on any atom is 0.349 e. The Morgan fingerprint density at radius 2 is 1.71 bits per heavy atom. The van der Waals surface area contributed by atoms with E-state index in [0.717, 1.165) is 46.4 Å². The minimum Gasteiger partial charge on any atom is -0.466 e. The summed E-state index contributed by atoms with van der Waals surface area (Å²) in [5.74, 6) is -4.39. The van der Waals surface area contributed by atoms with Crippen LogP contribution in [-0.2, 0) is 58.1 Å². The van der Waals surface area contributed by atoms with Gasteiger partial charge in [-0.1, -0.05) is 63.2 Å². The van der Waals surface area contributed by atoms with Crippen molar-refractivity contribution in [3.8, 4) is 6.07 Å². The van der Waals surface area contributed by atoms with Gasteiger partial charge in [0.15, 0.2) is 0 Å². The number of rotatable bonds is 15. The minimum atomic E-state index is -3.75. The molecule has 59 heavy (non-hydrogen) atoms. The number of anilines is 1. The highest BCUT2D eigenvalue weighted by molar-refractivity contribution is 7.92. The summed E-state index contributed by atoms with van der Waals surface area (Å²) in [6.45, 7) is 5.55. The molecule has 3 heterocycles. The Labute approximate surface area is 342 Å². The van der Waals surface area contributed by atoms with E-state index in [4.69, 9.17) is 9.47 Å². The van der Waals surface area contributed by atoms with Crippen molar-refractivity contribution in [1.29, 1.82) is 5.26 Å². The molecule has 0 aliphatic carbocycles. The van der Waals surface area contributed by atoms with E-state index in [1.165, 1.54) is 59.8 Å². The molecule has 308 valence electrons. The molecule has 0 saturated carbocycles. The zero-order valence-corrected chi connectivity index (χ0v) is 34.0. The Bertz CT molecular complexity index is 2380. The molecule has 2 N–H and O–H groups in total. The summed E-state index contributed by atoms with van der Waals surface area (Å²) < 4.78 is 37.5. The molecule has 2 aliphatic rings. The molecule has 1 aromatic heterocycles. The topological polar surface area (TPSA) is 212 Å². The van der Waals surface area contributed by atoms with Crippen molar-refractivity contribution in [1.82, 2.24) is 24.7 Å². The van der Waals surface area contributed by atoms with Crippen molar-refractivity contribution >= 4 is 45.4 Å². The Morgan fingerprint density at radius 3 is 2.34 bits per heavy atom. The SMILES string of the molecule is CCc1cccc(COC(=O)C(C(C)C)N2C(=O)C(N3C(=O)C(c4ccc(C#N)cc4)N(C(=O)c4cccc(NS(C)(=O)=O)c4)C3C(=O)OC)C2CCc2cnc[nH]2)c1. The summed E-state index contributed by atoms with van der Waals surface area (Å²) in [7, 11) is -2.66. The lowest BCUT2D eigenvalue weighted by Crippen LogP contribution is -2.76. The Kier molecular flexibility index (Phi) is 12.5. The standard InChI is InChI=1S/C42H45N7O9S/c1-6-26-9-7-10-28(19-26)23-58-41(53)34(25(2)3)47-33(18-17-32-22-44-24-45-32)36(40(47)52)49-37(42(54)57-4)48(35(39(49)51)29-15-13-27(21-43)14-16-29)38(50)30-11-8-12-31(20-30)46-59(5,55)56/h7-16,19-20,22,24-25,33-37,46H,6,17-18,23H2,1-5H3,(H,44,45). The predicted molar refractivity (Wildman–Crippen MR) is 213 cm³/mol. The number of aryl methyl sites for hydroxylation is 2. The first-order chi connectivity index (χ1) is 28.2. The van der Waals surface area contributed by atoms with E-state index in [2.05, 4.69) is 14.7 Å². The van der Waals surface area contributed by atoms with Crippen LogP contribution in [0.25, 0.3) is 0 Å². The van der Waals surface area contributed by atoms with Crippen LogP contribution in [0.1, 0.15) is 71.5 Å². The quantitative estimate of drug-likeness (QED) is 0.130. The van der Waals surface area contributed by atoms with E-state index >= 15 is 0 Å². The molecule has 5 atom stereocenters. The molecule has 3 aromatic carbocycles. The number of carbonyl (C=O) groups excluding carboxylic acids is 5. The van der Waals surface area contributed by atoms with Crippen molar-refractivity contribution in [2.75, 3.05) is 18.1 Å². The maximum atomic E-state index is 15.0. The number of esters is 2. The largest absolute Gasteiger partial charge is 0.466 e. The van der Waals surface area contributed by atoms with Gasteiger partial charge in [0.1, 0.15) is 24.7 Å². The van der Waals surface area contributed by atoms with Crippen molar-refractivity contribution in [2.24, 2.45) is 5.92 Å². The number of β-lactam (4-membered cyclic amide) rings is 1.